The number of ether oxygens (including phenoxy) is 1. The van der Waals surface area contributed by atoms with Gasteiger partial charge in [0.25, 0.3) is 5.56 Å². The van der Waals surface area contributed by atoms with E-state index in [1.165, 1.54) is 10.8 Å². The van der Waals surface area contributed by atoms with Crippen LogP contribution in [0.1, 0.15) is 45.6 Å². The zero-order chi connectivity index (χ0) is 19.3. The molecule has 1 N–H and O–H groups in total. The van der Waals surface area contributed by atoms with Crippen molar-refractivity contribution in [2.45, 2.75) is 58.6 Å². The van der Waals surface area contributed by atoms with Gasteiger partial charge in [0.2, 0.25) is 0 Å². The standard InChI is InChI=1S/C19H28N2O5/c1-19(2,3)26-18(25)20-11-8-14(9-12-20)6-7-15-5-4-10-21(17(15)24)13-16(22)23/h4-5,10,14H,6-9,11-13H2,1-3H3,(H,22,23). The lowest BCUT2D eigenvalue weighted by Crippen LogP contribution is -2.41. The van der Waals surface area contributed by atoms with Crippen LogP contribution in [-0.2, 0) is 22.5 Å². The molecule has 1 aliphatic rings. The predicted molar refractivity (Wildman–Crippen MR) is 97.2 cm³/mol. The van der Waals surface area contributed by atoms with Gasteiger partial charge < -0.3 is 19.3 Å². The molecule has 0 radical (unpaired) electrons. The van der Waals surface area contributed by atoms with Crippen molar-refractivity contribution >= 4 is 12.1 Å². The highest BCUT2D eigenvalue weighted by Gasteiger charge is 2.26. The van der Waals surface area contributed by atoms with Crippen molar-refractivity contribution in [1.82, 2.24) is 9.47 Å². The number of hydrogen-bond acceptors (Lipinski definition) is 4. The van der Waals surface area contributed by atoms with E-state index in [-0.39, 0.29) is 18.2 Å². The van der Waals surface area contributed by atoms with Gasteiger partial charge in [0, 0.05) is 24.8 Å². The number of nitrogens with zero attached hydrogens (tertiary/aromatic N) is 2. The van der Waals surface area contributed by atoms with Gasteiger partial charge in [0.1, 0.15) is 12.1 Å². The lowest BCUT2D eigenvalue weighted by molar-refractivity contribution is -0.137. The second kappa shape index (κ2) is 8.38. The Labute approximate surface area is 153 Å². The van der Waals surface area contributed by atoms with Crippen molar-refractivity contribution in [1.29, 1.82) is 0 Å². The minimum absolute atomic E-state index is 0.235. The Kier molecular flexibility index (Phi) is 6.45. The normalized spacial score (nSPS) is 15.7. The first-order valence-electron chi connectivity index (χ1n) is 9.04. The molecule has 1 aromatic rings. The molecule has 1 fully saturated rings. The highest BCUT2D eigenvalue weighted by molar-refractivity contribution is 5.68. The van der Waals surface area contributed by atoms with E-state index >= 15 is 0 Å². The van der Waals surface area contributed by atoms with Crippen LogP contribution in [0.15, 0.2) is 23.1 Å². The quantitative estimate of drug-likeness (QED) is 0.867. The average Bonchev–Trinajstić information content (AvgIpc) is 2.54. The van der Waals surface area contributed by atoms with Gasteiger partial charge in [-0.3, -0.25) is 9.59 Å². The highest BCUT2D eigenvalue weighted by Crippen LogP contribution is 2.23. The van der Waals surface area contributed by atoms with Crippen LogP contribution < -0.4 is 5.56 Å². The van der Waals surface area contributed by atoms with Crippen molar-refractivity contribution in [3.8, 4) is 0 Å². The van der Waals surface area contributed by atoms with Gasteiger partial charge in [0.15, 0.2) is 0 Å². The fraction of sp³-hybridized carbons (Fsp3) is 0.632. The van der Waals surface area contributed by atoms with Crippen LogP contribution in [0.3, 0.4) is 0 Å². The maximum Gasteiger partial charge on any atom is 0.410 e. The number of carboxylic acid groups (broad SMARTS) is 1. The first-order chi connectivity index (χ1) is 12.2. The van der Waals surface area contributed by atoms with E-state index in [1.807, 2.05) is 20.8 Å². The van der Waals surface area contributed by atoms with Crippen molar-refractivity contribution in [3.05, 3.63) is 34.2 Å². The maximum absolute atomic E-state index is 12.3. The van der Waals surface area contributed by atoms with E-state index in [4.69, 9.17) is 9.84 Å². The minimum Gasteiger partial charge on any atom is -0.480 e. The van der Waals surface area contributed by atoms with Crippen LogP contribution in [0.2, 0.25) is 0 Å². The number of hydrogen-bond donors (Lipinski definition) is 1. The number of pyridine rings is 1. The Morgan fingerprint density at radius 3 is 2.50 bits per heavy atom. The van der Waals surface area contributed by atoms with Crippen LogP contribution in [-0.4, -0.2) is 45.3 Å². The molecule has 2 rings (SSSR count). The summed E-state index contributed by atoms with van der Waals surface area (Å²) in [4.78, 5) is 36.9. The molecule has 0 spiro atoms. The number of aryl methyl sites for hydroxylation is 1. The molecule has 2 heterocycles. The number of carbonyl (C=O) groups excluding carboxylic acids is 1. The monoisotopic (exact) mass is 364 g/mol. The van der Waals surface area contributed by atoms with Gasteiger partial charge >= 0.3 is 12.1 Å². The van der Waals surface area contributed by atoms with E-state index in [1.54, 1.807) is 17.0 Å². The molecule has 7 nitrogen and oxygen atoms in total. The van der Waals surface area contributed by atoms with Gasteiger partial charge in [-0.15, -0.1) is 0 Å². The van der Waals surface area contributed by atoms with Crippen molar-refractivity contribution in [2.75, 3.05) is 13.1 Å². The fourth-order valence-electron chi connectivity index (χ4n) is 3.14. The second-order valence-corrected chi connectivity index (χ2v) is 7.81. The smallest absolute Gasteiger partial charge is 0.410 e. The number of rotatable bonds is 5. The molecule has 1 aliphatic heterocycles. The zero-order valence-electron chi connectivity index (χ0n) is 15.7. The Morgan fingerprint density at radius 1 is 1.27 bits per heavy atom. The SMILES string of the molecule is CC(C)(C)OC(=O)N1CCC(CCc2cccn(CC(=O)O)c2=O)CC1. The third-order valence-electron chi connectivity index (χ3n) is 4.49. The number of carbonyl (C=O) groups is 2. The van der Waals surface area contributed by atoms with Crippen LogP contribution >= 0.6 is 0 Å². The van der Waals surface area contributed by atoms with Crippen LogP contribution in [0.4, 0.5) is 4.79 Å². The van der Waals surface area contributed by atoms with Gasteiger partial charge in [-0.25, -0.2) is 4.79 Å². The number of piperidine rings is 1. The van der Waals surface area contributed by atoms with Crippen molar-refractivity contribution < 1.29 is 19.4 Å². The molecule has 144 valence electrons. The predicted octanol–water partition coefficient (Wildman–Crippen LogP) is 2.51. The summed E-state index contributed by atoms with van der Waals surface area (Å²) in [6.07, 6.45) is 4.48. The summed E-state index contributed by atoms with van der Waals surface area (Å²) >= 11 is 0. The summed E-state index contributed by atoms with van der Waals surface area (Å²) in [5, 5.41) is 8.85. The first kappa shape index (κ1) is 20.0. The number of carboxylic acids is 1. The Balaban J connectivity index is 1.85. The molecule has 7 heteroatoms. The summed E-state index contributed by atoms with van der Waals surface area (Å²) < 4.78 is 6.62. The summed E-state index contributed by atoms with van der Waals surface area (Å²) in [6.45, 7) is 6.58. The molecule has 1 saturated heterocycles. The Bertz CT molecular complexity index is 697. The van der Waals surface area contributed by atoms with Crippen molar-refractivity contribution in [3.63, 3.8) is 0 Å². The van der Waals surface area contributed by atoms with Crippen LogP contribution in [0.5, 0.6) is 0 Å². The summed E-state index contributed by atoms with van der Waals surface area (Å²) in [6, 6.07) is 3.47. The van der Waals surface area contributed by atoms with Gasteiger partial charge in [-0.2, -0.15) is 0 Å². The molecule has 1 aromatic heterocycles. The number of likely N-dealkylation sites (tertiary alicyclic amines) is 1. The molecule has 0 bridgehead atoms. The van der Waals surface area contributed by atoms with E-state index in [0.29, 0.717) is 31.0 Å². The van der Waals surface area contributed by atoms with Crippen molar-refractivity contribution in [2.24, 2.45) is 5.92 Å². The summed E-state index contributed by atoms with van der Waals surface area (Å²) in [5.74, 6) is -0.583. The first-order valence-corrected chi connectivity index (χ1v) is 9.04. The molecular formula is C19H28N2O5. The molecule has 0 atom stereocenters. The van der Waals surface area contributed by atoms with E-state index in [0.717, 1.165) is 19.3 Å². The molecule has 0 saturated carbocycles. The molecule has 0 unspecified atom stereocenters. The van der Waals surface area contributed by atoms with Gasteiger partial charge in [0.05, 0.1) is 0 Å². The molecular weight excluding hydrogens is 336 g/mol. The summed E-state index contributed by atoms with van der Waals surface area (Å²) in [7, 11) is 0. The fourth-order valence-corrected chi connectivity index (χ4v) is 3.14. The molecule has 1 amide bonds. The van der Waals surface area contributed by atoms with Crippen LogP contribution in [0.25, 0.3) is 0 Å². The molecule has 26 heavy (non-hydrogen) atoms. The third-order valence-corrected chi connectivity index (χ3v) is 4.49. The highest BCUT2D eigenvalue weighted by atomic mass is 16.6. The lowest BCUT2D eigenvalue weighted by Gasteiger charge is -2.33. The zero-order valence-corrected chi connectivity index (χ0v) is 15.7. The molecule has 0 aliphatic carbocycles. The Morgan fingerprint density at radius 2 is 1.92 bits per heavy atom. The van der Waals surface area contributed by atoms with E-state index in [2.05, 4.69) is 0 Å². The second-order valence-electron chi connectivity index (χ2n) is 7.81. The largest absolute Gasteiger partial charge is 0.480 e. The van der Waals surface area contributed by atoms with Gasteiger partial charge in [-0.05, 0) is 58.4 Å². The molecule has 0 aromatic carbocycles. The third kappa shape index (κ3) is 5.89. The average molecular weight is 364 g/mol. The van der Waals surface area contributed by atoms with E-state index < -0.39 is 11.6 Å². The number of aliphatic carboxylic acids is 1. The summed E-state index contributed by atoms with van der Waals surface area (Å²) in [5.41, 5.74) is -0.0821. The van der Waals surface area contributed by atoms with Crippen LogP contribution in [0, 0.1) is 5.92 Å². The number of aromatic nitrogens is 1. The minimum atomic E-state index is -1.03. The Hall–Kier alpha value is -2.31. The lowest BCUT2D eigenvalue weighted by atomic mass is 9.91. The van der Waals surface area contributed by atoms with E-state index in [9.17, 15) is 14.4 Å². The number of amides is 1. The van der Waals surface area contributed by atoms with Gasteiger partial charge in [-0.1, -0.05) is 6.07 Å². The topological polar surface area (TPSA) is 88.8 Å². The maximum atomic E-state index is 12.3.